The lowest BCUT2D eigenvalue weighted by molar-refractivity contribution is 0.102. The fourth-order valence-electron chi connectivity index (χ4n) is 1.84. The Labute approximate surface area is 118 Å². The molecule has 5 nitrogen and oxygen atoms in total. The molecule has 0 bridgehead atoms. The maximum atomic E-state index is 12.2. The van der Waals surface area contributed by atoms with Gasteiger partial charge in [0.2, 0.25) is 5.88 Å². The molecule has 0 spiro atoms. The maximum absolute atomic E-state index is 12.2. The van der Waals surface area contributed by atoms with E-state index in [0.717, 1.165) is 11.3 Å². The van der Waals surface area contributed by atoms with Crippen LogP contribution < -0.4 is 15.4 Å². The molecule has 0 aliphatic rings. The second-order valence-corrected chi connectivity index (χ2v) is 4.34. The summed E-state index contributed by atoms with van der Waals surface area (Å²) in [5.41, 5.74) is 3.10. The Morgan fingerprint density at radius 3 is 2.65 bits per heavy atom. The summed E-state index contributed by atoms with van der Waals surface area (Å²) in [4.78, 5) is 16.3. The fourth-order valence-corrected chi connectivity index (χ4v) is 1.84. The van der Waals surface area contributed by atoms with E-state index in [1.54, 1.807) is 38.6 Å². The zero-order valence-corrected chi connectivity index (χ0v) is 11.7. The molecule has 0 fully saturated rings. The number of ether oxygens (including phenoxy) is 1. The maximum Gasteiger partial charge on any atom is 0.257 e. The van der Waals surface area contributed by atoms with E-state index in [9.17, 15) is 4.79 Å². The number of pyridine rings is 1. The molecule has 0 unspecified atom stereocenters. The Balaban J connectivity index is 2.19. The molecule has 1 aromatic carbocycles. The summed E-state index contributed by atoms with van der Waals surface area (Å²) in [5.74, 6) is 0.329. The zero-order chi connectivity index (χ0) is 14.5. The highest BCUT2D eigenvalue weighted by Crippen LogP contribution is 2.19. The predicted molar refractivity (Wildman–Crippen MR) is 79.5 cm³/mol. The first kappa shape index (κ1) is 13.9. The van der Waals surface area contributed by atoms with Crippen LogP contribution in [0.3, 0.4) is 0 Å². The summed E-state index contributed by atoms with van der Waals surface area (Å²) in [6, 6.07) is 9.08. The number of anilines is 2. The van der Waals surface area contributed by atoms with E-state index >= 15 is 0 Å². The largest absolute Gasteiger partial charge is 0.481 e. The smallest absolute Gasteiger partial charge is 0.257 e. The Hall–Kier alpha value is -2.56. The molecule has 1 amide bonds. The molecule has 1 heterocycles. The summed E-state index contributed by atoms with van der Waals surface area (Å²) in [6.45, 7) is 1.98. The normalized spacial score (nSPS) is 9.95. The van der Waals surface area contributed by atoms with E-state index in [-0.39, 0.29) is 5.91 Å². The van der Waals surface area contributed by atoms with E-state index in [0.29, 0.717) is 17.1 Å². The topological polar surface area (TPSA) is 63.2 Å². The zero-order valence-electron chi connectivity index (χ0n) is 11.7. The van der Waals surface area contributed by atoms with Crippen molar-refractivity contribution in [2.24, 2.45) is 0 Å². The van der Waals surface area contributed by atoms with E-state index in [1.807, 2.05) is 19.1 Å². The molecule has 2 aromatic rings. The molecule has 5 heteroatoms. The lowest BCUT2D eigenvalue weighted by Crippen LogP contribution is -2.14. The summed E-state index contributed by atoms with van der Waals surface area (Å²) < 4.78 is 4.97. The first-order valence-corrected chi connectivity index (χ1v) is 6.24. The van der Waals surface area contributed by atoms with Crippen LogP contribution in [-0.2, 0) is 0 Å². The summed E-state index contributed by atoms with van der Waals surface area (Å²) in [7, 11) is 3.34. The molecule has 1 aromatic heterocycles. The number of carbonyl (C=O) groups is 1. The number of nitrogens with zero attached hydrogens (tertiary/aromatic N) is 1. The Bertz CT molecular complexity index is 609. The lowest BCUT2D eigenvalue weighted by Gasteiger charge is -2.10. The number of methoxy groups -OCH3 is 1. The van der Waals surface area contributed by atoms with Gasteiger partial charge in [0.25, 0.3) is 5.91 Å². The molecule has 2 N–H and O–H groups in total. The number of carbonyl (C=O) groups excluding carboxylic acids is 1. The van der Waals surface area contributed by atoms with E-state index in [4.69, 9.17) is 4.74 Å². The van der Waals surface area contributed by atoms with Crippen molar-refractivity contribution < 1.29 is 9.53 Å². The summed E-state index contributed by atoms with van der Waals surface area (Å²) in [5, 5.41) is 5.83. The fraction of sp³-hybridized carbons (Fsp3) is 0.200. The second kappa shape index (κ2) is 6.06. The van der Waals surface area contributed by atoms with Gasteiger partial charge in [-0.15, -0.1) is 0 Å². The van der Waals surface area contributed by atoms with Gasteiger partial charge in [-0.3, -0.25) is 4.79 Å². The number of benzene rings is 1. The van der Waals surface area contributed by atoms with E-state index < -0.39 is 0 Å². The minimum absolute atomic E-state index is 0.179. The molecule has 0 saturated heterocycles. The van der Waals surface area contributed by atoms with Gasteiger partial charge in [-0.2, -0.15) is 0 Å². The van der Waals surface area contributed by atoms with Gasteiger partial charge >= 0.3 is 0 Å². The van der Waals surface area contributed by atoms with Crippen molar-refractivity contribution in [2.45, 2.75) is 6.92 Å². The number of aromatic nitrogens is 1. The monoisotopic (exact) mass is 271 g/mol. The Morgan fingerprint density at radius 1 is 1.25 bits per heavy atom. The number of nitrogens with one attached hydrogen (secondary N) is 2. The molecule has 0 saturated carbocycles. The number of rotatable bonds is 4. The highest BCUT2D eigenvalue weighted by molar-refractivity contribution is 6.08. The van der Waals surface area contributed by atoms with E-state index in [1.165, 1.54) is 0 Å². The van der Waals surface area contributed by atoms with Crippen molar-refractivity contribution in [2.75, 3.05) is 24.8 Å². The van der Waals surface area contributed by atoms with Gasteiger partial charge < -0.3 is 15.4 Å². The van der Waals surface area contributed by atoms with Crippen LogP contribution >= 0.6 is 0 Å². The summed E-state index contributed by atoms with van der Waals surface area (Å²) in [6.07, 6.45) is 1.56. The first-order chi connectivity index (χ1) is 9.63. The minimum atomic E-state index is -0.179. The van der Waals surface area contributed by atoms with Crippen LogP contribution in [-0.4, -0.2) is 25.0 Å². The van der Waals surface area contributed by atoms with Crippen LogP contribution in [0, 0.1) is 6.92 Å². The van der Waals surface area contributed by atoms with Crippen molar-refractivity contribution in [1.29, 1.82) is 0 Å². The highest BCUT2D eigenvalue weighted by atomic mass is 16.5. The van der Waals surface area contributed by atoms with Gasteiger partial charge in [0.1, 0.15) is 0 Å². The van der Waals surface area contributed by atoms with Gasteiger partial charge in [0.15, 0.2) is 0 Å². The molecule has 0 aliphatic heterocycles. The number of amides is 1. The Morgan fingerprint density at radius 2 is 2.05 bits per heavy atom. The van der Waals surface area contributed by atoms with Crippen LogP contribution in [0.15, 0.2) is 36.5 Å². The SMILES string of the molecule is CNc1cc(C)ccc1C(=O)Nc1ccc(OC)nc1. The summed E-state index contributed by atoms with van der Waals surface area (Å²) >= 11 is 0. The first-order valence-electron chi connectivity index (χ1n) is 6.24. The standard InChI is InChI=1S/C15H17N3O2/c1-10-4-6-12(13(8-10)16-2)15(19)18-11-5-7-14(20-3)17-9-11/h4-9,16H,1-3H3,(H,18,19). The average Bonchev–Trinajstić information content (AvgIpc) is 2.47. The van der Waals surface area contributed by atoms with Crippen molar-refractivity contribution in [3.05, 3.63) is 47.7 Å². The van der Waals surface area contributed by atoms with Crippen LogP contribution in [0.2, 0.25) is 0 Å². The van der Waals surface area contributed by atoms with Gasteiger partial charge in [0, 0.05) is 18.8 Å². The van der Waals surface area contributed by atoms with Crippen LogP contribution in [0.5, 0.6) is 5.88 Å². The molecule has 104 valence electrons. The van der Waals surface area contributed by atoms with Crippen LogP contribution in [0.25, 0.3) is 0 Å². The molecular weight excluding hydrogens is 254 g/mol. The second-order valence-electron chi connectivity index (χ2n) is 4.34. The third-order valence-electron chi connectivity index (χ3n) is 2.89. The molecule has 0 atom stereocenters. The lowest BCUT2D eigenvalue weighted by atomic mass is 10.1. The minimum Gasteiger partial charge on any atom is -0.481 e. The van der Waals surface area contributed by atoms with Crippen molar-refractivity contribution in [1.82, 2.24) is 4.98 Å². The van der Waals surface area contributed by atoms with Crippen molar-refractivity contribution in [3.8, 4) is 5.88 Å². The van der Waals surface area contributed by atoms with Gasteiger partial charge in [-0.05, 0) is 30.7 Å². The van der Waals surface area contributed by atoms with Crippen LogP contribution in [0.4, 0.5) is 11.4 Å². The quantitative estimate of drug-likeness (QED) is 0.897. The molecular formula is C15H17N3O2. The van der Waals surface area contributed by atoms with Crippen molar-refractivity contribution >= 4 is 17.3 Å². The van der Waals surface area contributed by atoms with Crippen molar-refractivity contribution in [3.63, 3.8) is 0 Å². The van der Waals surface area contributed by atoms with E-state index in [2.05, 4.69) is 15.6 Å². The van der Waals surface area contributed by atoms with Gasteiger partial charge in [-0.1, -0.05) is 6.07 Å². The molecule has 0 aliphatic carbocycles. The van der Waals surface area contributed by atoms with Gasteiger partial charge in [-0.25, -0.2) is 4.98 Å². The average molecular weight is 271 g/mol. The number of hydrogen-bond acceptors (Lipinski definition) is 4. The molecule has 2 rings (SSSR count). The number of aryl methyl sites for hydroxylation is 1. The van der Waals surface area contributed by atoms with Crippen LogP contribution in [0.1, 0.15) is 15.9 Å². The highest BCUT2D eigenvalue weighted by Gasteiger charge is 2.11. The Kier molecular flexibility index (Phi) is 4.20. The third-order valence-corrected chi connectivity index (χ3v) is 2.89. The third kappa shape index (κ3) is 3.06. The molecule has 20 heavy (non-hydrogen) atoms. The van der Waals surface area contributed by atoms with Gasteiger partial charge in [0.05, 0.1) is 24.6 Å². The number of hydrogen-bond donors (Lipinski definition) is 2. The molecule has 0 radical (unpaired) electrons. The predicted octanol–water partition coefficient (Wildman–Crippen LogP) is 2.69.